The molecular weight excluding hydrogens is 356 g/mol. The number of nitrogens with one attached hydrogen (secondary N) is 2. The maximum atomic E-state index is 12.4. The van der Waals surface area contributed by atoms with Gasteiger partial charge >= 0.3 is 11.8 Å². The summed E-state index contributed by atoms with van der Waals surface area (Å²) >= 11 is 0. The molecule has 7 heteroatoms. The van der Waals surface area contributed by atoms with Crippen molar-refractivity contribution in [1.29, 1.82) is 0 Å². The Kier molecular flexibility index (Phi) is 6.36. The van der Waals surface area contributed by atoms with E-state index in [1.807, 2.05) is 32.3 Å². The Morgan fingerprint density at radius 1 is 1.18 bits per heavy atom. The Labute approximate surface area is 165 Å². The van der Waals surface area contributed by atoms with Crippen LogP contribution in [-0.2, 0) is 16.6 Å². The molecule has 1 aliphatic rings. The average molecular weight is 384 g/mol. The highest BCUT2D eigenvalue weighted by molar-refractivity contribution is 6.39. The maximum Gasteiger partial charge on any atom is 0.313 e. The molecule has 0 saturated carbocycles. The third kappa shape index (κ3) is 4.54. The van der Waals surface area contributed by atoms with Gasteiger partial charge in [0.05, 0.1) is 18.8 Å². The molecule has 2 heterocycles. The smallest absolute Gasteiger partial charge is 0.313 e. The monoisotopic (exact) mass is 384 g/mol. The van der Waals surface area contributed by atoms with Crippen molar-refractivity contribution in [3.8, 4) is 5.75 Å². The average Bonchev–Trinajstić information content (AvgIpc) is 3.35. The molecule has 150 valence electrons. The van der Waals surface area contributed by atoms with Gasteiger partial charge in [-0.25, -0.2) is 0 Å². The summed E-state index contributed by atoms with van der Waals surface area (Å²) < 4.78 is 7.32. The zero-order chi connectivity index (χ0) is 20.1. The number of ether oxygens (including phenoxy) is 1. The standard InChI is InChI=1S/C21H28N4O3/c1-15-8-9-19(28-3)16(13-15)23-21(27)20(26)22-14-18(25-11-4-5-12-25)17-7-6-10-24(17)2/h6-10,13,18H,4-5,11-12,14H2,1-3H3,(H,22,26)(H,23,27). The van der Waals surface area contributed by atoms with E-state index in [0.717, 1.165) is 37.2 Å². The van der Waals surface area contributed by atoms with Crippen LogP contribution >= 0.6 is 0 Å². The minimum atomic E-state index is -0.698. The number of amides is 2. The SMILES string of the molecule is COc1ccc(C)cc1NC(=O)C(=O)NCC(c1cccn1C)N1CCCC1. The quantitative estimate of drug-likeness (QED) is 0.749. The van der Waals surface area contributed by atoms with Gasteiger partial charge in [-0.1, -0.05) is 6.07 Å². The van der Waals surface area contributed by atoms with Gasteiger partial charge in [-0.3, -0.25) is 14.5 Å². The van der Waals surface area contributed by atoms with Crippen LogP contribution in [0.5, 0.6) is 5.75 Å². The molecule has 2 amide bonds. The van der Waals surface area contributed by atoms with E-state index in [2.05, 4.69) is 26.2 Å². The lowest BCUT2D eigenvalue weighted by Crippen LogP contribution is -2.41. The number of hydrogen-bond donors (Lipinski definition) is 2. The lowest BCUT2D eigenvalue weighted by molar-refractivity contribution is -0.136. The van der Waals surface area contributed by atoms with Crippen molar-refractivity contribution in [3.05, 3.63) is 47.8 Å². The van der Waals surface area contributed by atoms with E-state index in [4.69, 9.17) is 4.74 Å². The Hall–Kier alpha value is -2.80. The van der Waals surface area contributed by atoms with Gasteiger partial charge in [0, 0.05) is 25.5 Å². The first-order valence-electron chi connectivity index (χ1n) is 9.58. The van der Waals surface area contributed by atoms with Crippen LogP contribution in [0.4, 0.5) is 5.69 Å². The molecule has 1 fully saturated rings. The summed E-state index contributed by atoms with van der Waals surface area (Å²) in [6.45, 7) is 4.29. The third-order valence-electron chi connectivity index (χ3n) is 5.17. The van der Waals surface area contributed by atoms with Crippen LogP contribution in [0, 0.1) is 6.92 Å². The van der Waals surface area contributed by atoms with Gasteiger partial charge in [-0.2, -0.15) is 0 Å². The molecule has 1 atom stereocenters. The van der Waals surface area contributed by atoms with Crippen LogP contribution in [0.1, 0.15) is 30.1 Å². The van der Waals surface area contributed by atoms with Crippen LogP contribution in [0.2, 0.25) is 0 Å². The van der Waals surface area contributed by atoms with Crippen molar-refractivity contribution >= 4 is 17.5 Å². The molecular formula is C21H28N4O3. The Morgan fingerprint density at radius 3 is 2.57 bits per heavy atom. The lowest BCUT2D eigenvalue weighted by Gasteiger charge is -2.28. The number of carbonyl (C=O) groups is 2. The molecule has 1 aromatic heterocycles. The number of likely N-dealkylation sites (tertiary alicyclic amines) is 1. The van der Waals surface area contributed by atoms with Crippen molar-refractivity contribution in [2.45, 2.75) is 25.8 Å². The van der Waals surface area contributed by atoms with E-state index < -0.39 is 11.8 Å². The summed E-state index contributed by atoms with van der Waals surface area (Å²) in [6.07, 6.45) is 4.31. The predicted octanol–water partition coefficient (Wildman–Crippen LogP) is 2.23. The Bertz CT molecular complexity index is 840. The number of aryl methyl sites for hydroxylation is 2. The predicted molar refractivity (Wildman–Crippen MR) is 108 cm³/mol. The fourth-order valence-electron chi connectivity index (χ4n) is 3.66. The van der Waals surface area contributed by atoms with Gasteiger partial charge in [-0.05, 0) is 62.7 Å². The molecule has 0 spiro atoms. The van der Waals surface area contributed by atoms with Gasteiger partial charge in [0.25, 0.3) is 0 Å². The molecule has 0 aliphatic carbocycles. The normalized spacial score (nSPS) is 15.2. The highest BCUT2D eigenvalue weighted by Crippen LogP contribution is 2.26. The first kappa shape index (κ1) is 19.9. The van der Waals surface area contributed by atoms with Gasteiger partial charge in [0.1, 0.15) is 5.75 Å². The van der Waals surface area contributed by atoms with Gasteiger partial charge in [-0.15, -0.1) is 0 Å². The fraction of sp³-hybridized carbons (Fsp3) is 0.429. The summed E-state index contributed by atoms with van der Waals surface area (Å²) in [7, 11) is 3.53. The van der Waals surface area contributed by atoms with Gasteiger partial charge in [0.15, 0.2) is 0 Å². The minimum absolute atomic E-state index is 0.0488. The molecule has 2 N–H and O–H groups in total. The summed E-state index contributed by atoms with van der Waals surface area (Å²) in [5.74, 6) is -0.830. The molecule has 0 bridgehead atoms. The summed E-state index contributed by atoms with van der Waals surface area (Å²) in [4.78, 5) is 27.2. The van der Waals surface area contributed by atoms with Crippen molar-refractivity contribution in [2.75, 3.05) is 32.1 Å². The molecule has 1 saturated heterocycles. The van der Waals surface area contributed by atoms with Crippen molar-refractivity contribution in [2.24, 2.45) is 7.05 Å². The Morgan fingerprint density at radius 2 is 1.93 bits per heavy atom. The van der Waals surface area contributed by atoms with E-state index in [-0.39, 0.29) is 6.04 Å². The van der Waals surface area contributed by atoms with Crippen molar-refractivity contribution in [1.82, 2.24) is 14.8 Å². The zero-order valence-electron chi connectivity index (χ0n) is 16.7. The topological polar surface area (TPSA) is 75.6 Å². The lowest BCUT2D eigenvalue weighted by atomic mass is 10.1. The molecule has 7 nitrogen and oxygen atoms in total. The maximum absolute atomic E-state index is 12.4. The Balaban J connectivity index is 1.65. The van der Waals surface area contributed by atoms with Crippen LogP contribution in [0.3, 0.4) is 0 Å². The second kappa shape index (κ2) is 8.93. The zero-order valence-corrected chi connectivity index (χ0v) is 16.7. The largest absolute Gasteiger partial charge is 0.495 e. The van der Waals surface area contributed by atoms with Crippen molar-refractivity contribution < 1.29 is 14.3 Å². The van der Waals surface area contributed by atoms with Gasteiger partial charge < -0.3 is 19.9 Å². The second-order valence-corrected chi connectivity index (χ2v) is 7.17. The van der Waals surface area contributed by atoms with Crippen molar-refractivity contribution in [3.63, 3.8) is 0 Å². The van der Waals surface area contributed by atoms with E-state index in [9.17, 15) is 9.59 Å². The summed E-state index contributed by atoms with van der Waals surface area (Å²) in [5.41, 5.74) is 2.58. The first-order chi connectivity index (χ1) is 13.5. The number of carbonyl (C=O) groups excluding carboxylic acids is 2. The summed E-state index contributed by atoms with van der Waals surface area (Å²) in [5, 5.41) is 5.45. The number of anilines is 1. The molecule has 0 radical (unpaired) electrons. The number of hydrogen-bond acceptors (Lipinski definition) is 4. The van der Waals surface area contributed by atoms with E-state index >= 15 is 0 Å². The summed E-state index contributed by atoms with van der Waals surface area (Å²) in [6, 6.07) is 9.54. The number of aromatic nitrogens is 1. The highest BCUT2D eigenvalue weighted by atomic mass is 16.5. The molecule has 2 aromatic rings. The van der Waals surface area contributed by atoms with E-state index in [0.29, 0.717) is 18.0 Å². The van der Waals surface area contributed by atoms with Crippen LogP contribution in [0.25, 0.3) is 0 Å². The molecule has 1 unspecified atom stereocenters. The van der Waals surface area contributed by atoms with Gasteiger partial charge in [0.2, 0.25) is 0 Å². The van der Waals surface area contributed by atoms with Crippen LogP contribution in [0.15, 0.2) is 36.5 Å². The van der Waals surface area contributed by atoms with E-state index in [1.165, 1.54) is 7.11 Å². The number of rotatable bonds is 6. The van der Waals surface area contributed by atoms with Crippen LogP contribution in [-0.4, -0.2) is 48.0 Å². The number of methoxy groups -OCH3 is 1. The third-order valence-corrected chi connectivity index (χ3v) is 5.17. The minimum Gasteiger partial charge on any atom is -0.495 e. The molecule has 1 aliphatic heterocycles. The van der Waals surface area contributed by atoms with E-state index in [1.54, 1.807) is 12.1 Å². The number of benzene rings is 1. The highest BCUT2D eigenvalue weighted by Gasteiger charge is 2.26. The first-order valence-corrected chi connectivity index (χ1v) is 9.58. The van der Waals surface area contributed by atoms with Crippen LogP contribution < -0.4 is 15.4 Å². The second-order valence-electron chi connectivity index (χ2n) is 7.17. The molecule has 28 heavy (non-hydrogen) atoms. The number of nitrogens with zero attached hydrogens (tertiary/aromatic N) is 2. The molecule has 1 aromatic carbocycles. The molecule has 3 rings (SSSR count). The fourth-order valence-corrected chi connectivity index (χ4v) is 3.66.